The number of hydrogen-bond donors (Lipinski definition) is 1. The van der Waals surface area contributed by atoms with Crippen molar-refractivity contribution in [3.63, 3.8) is 0 Å². The van der Waals surface area contributed by atoms with E-state index in [4.69, 9.17) is 9.47 Å². The van der Waals surface area contributed by atoms with E-state index in [1.165, 1.54) is 5.56 Å². The second-order valence-electron chi connectivity index (χ2n) is 5.95. The average molecular weight is 341 g/mol. The van der Waals surface area contributed by atoms with Crippen LogP contribution in [0.1, 0.15) is 24.8 Å². The van der Waals surface area contributed by atoms with Gasteiger partial charge in [-0.25, -0.2) is 0 Å². The third-order valence-electron chi connectivity index (χ3n) is 4.53. The Hall–Kier alpha value is -0.420. The molecule has 0 aromatic heterocycles. The molecule has 0 bridgehead atoms. The maximum absolute atomic E-state index is 10.6. The molecule has 0 amide bonds. The van der Waals surface area contributed by atoms with Gasteiger partial charge in [0.2, 0.25) is 0 Å². The summed E-state index contributed by atoms with van der Waals surface area (Å²) in [4.78, 5) is 0. The minimum Gasteiger partial charge on any atom is -0.392 e. The lowest BCUT2D eigenvalue weighted by molar-refractivity contribution is -0.116. The van der Waals surface area contributed by atoms with Gasteiger partial charge in [-0.2, -0.15) is 0 Å². The maximum atomic E-state index is 10.6. The Bertz CT molecular complexity index is 457. The number of benzene rings is 1. The van der Waals surface area contributed by atoms with Gasteiger partial charge in [-0.3, -0.25) is 0 Å². The van der Waals surface area contributed by atoms with E-state index in [-0.39, 0.29) is 11.7 Å². The average Bonchev–Trinajstić information content (AvgIpc) is 2.89. The van der Waals surface area contributed by atoms with Crippen molar-refractivity contribution in [2.24, 2.45) is 5.92 Å². The summed E-state index contributed by atoms with van der Waals surface area (Å²) >= 11 is 3.55. The van der Waals surface area contributed by atoms with Crippen molar-refractivity contribution < 1.29 is 14.6 Å². The molecule has 1 aromatic carbocycles. The lowest BCUT2D eigenvalue weighted by Gasteiger charge is -2.39. The fourth-order valence-corrected chi connectivity index (χ4v) is 3.76. The summed E-state index contributed by atoms with van der Waals surface area (Å²) in [6.07, 6.45) is 3.20. The zero-order valence-corrected chi connectivity index (χ0v) is 13.1. The first-order chi connectivity index (χ1) is 9.69. The Morgan fingerprint density at radius 3 is 2.95 bits per heavy atom. The van der Waals surface area contributed by atoms with Crippen molar-refractivity contribution in [1.29, 1.82) is 0 Å². The van der Waals surface area contributed by atoms with E-state index in [1.807, 2.05) is 18.2 Å². The Morgan fingerprint density at radius 1 is 1.35 bits per heavy atom. The monoisotopic (exact) mass is 340 g/mol. The van der Waals surface area contributed by atoms with Gasteiger partial charge < -0.3 is 14.6 Å². The van der Waals surface area contributed by atoms with Crippen LogP contribution in [0.3, 0.4) is 0 Å². The van der Waals surface area contributed by atoms with Crippen molar-refractivity contribution in [2.45, 2.75) is 37.4 Å². The molecule has 3 rings (SSSR count). The molecule has 110 valence electrons. The molecule has 2 aliphatic heterocycles. The molecule has 2 heterocycles. The highest BCUT2D eigenvalue weighted by molar-refractivity contribution is 9.10. The number of rotatable bonds is 3. The molecule has 3 atom stereocenters. The van der Waals surface area contributed by atoms with E-state index in [2.05, 4.69) is 22.0 Å². The SMILES string of the molecule is OC(Cc1ccccc1Br)C1CCOC2(CCOC2)C1. The minimum absolute atomic E-state index is 0.127. The van der Waals surface area contributed by atoms with E-state index in [9.17, 15) is 5.11 Å². The normalized spacial score (nSPS) is 31.6. The van der Waals surface area contributed by atoms with Crippen LogP contribution in [0.5, 0.6) is 0 Å². The Kier molecular flexibility index (Phi) is 4.46. The molecular formula is C16H21BrO3. The second-order valence-corrected chi connectivity index (χ2v) is 6.80. The minimum atomic E-state index is -0.310. The third kappa shape index (κ3) is 3.08. The summed E-state index contributed by atoms with van der Waals surface area (Å²) < 4.78 is 12.5. The zero-order valence-electron chi connectivity index (χ0n) is 11.6. The zero-order chi connectivity index (χ0) is 14.0. The smallest absolute Gasteiger partial charge is 0.0940 e. The molecule has 1 spiro atoms. The van der Waals surface area contributed by atoms with Gasteiger partial charge in [0.1, 0.15) is 0 Å². The predicted octanol–water partition coefficient (Wildman–Crippen LogP) is 2.94. The number of hydrogen-bond acceptors (Lipinski definition) is 3. The molecule has 3 unspecified atom stereocenters. The first kappa shape index (κ1) is 14.5. The van der Waals surface area contributed by atoms with Crippen LogP contribution in [0.25, 0.3) is 0 Å². The topological polar surface area (TPSA) is 38.7 Å². The maximum Gasteiger partial charge on any atom is 0.0940 e. The highest BCUT2D eigenvalue weighted by Gasteiger charge is 2.42. The van der Waals surface area contributed by atoms with Gasteiger partial charge in [0, 0.05) is 24.1 Å². The van der Waals surface area contributed by atoms with Crippen LogP contribution in [0, 0.1) is 5.92 Å². The van der Waals surface area contributed by atoms with Crippen LogP contribution >= 0.6 is 15.9 Å². The van der Waals surface area contributed by atoms with Crippen LogP contribution < -0.4 is 0 Å². The second kappa shape index (κ2) is 6.14. The summed E-state index contributed by atoms with van der Waals surface area (Å²) in [5.74, 6) is 0.303. The summed E-state index contributed by atoms with van der Waals surface area (Å²) in [7, 11) is 0. The number of aliphatic hydroxyl groups excluding tert-OH is 1. The molecule has 2 fully saturated rings. The van der Waals surface area contributed by atoms with E-state index in [0.717, 1.165) is 36.9 Å². The Morgan fingerprint density at radius 2 is 2.20 bits per heavy atom. The quantitative estimate of drug-likeness (QED) is 0.919. The van der Waals surface area contributed by atoms with Crippen LogP contribution in [0.4, 0.5) is 0 Å². The summed E-state index contributed by atoms with van der Waals surface area (Å²) in [6.45, 7) is 2.21. The summed E-state index contributed by atoms with van der Waals surface area (Å²) in [6, 6.07) is 8.11. The molecule has 20 heavy (non-hydrogen) atoms. The molecule has 2 aliphatic rings. The van der Waals surface area contributed by atoms with Gasteiger partial charge in [0.25, 0.3) is 0 Å². The fraction of sp³-hybridized carbons (Fsp3) is 0.625. The van der Waals surface area contributed by atoms with Crippen LogP contribution in [-0.4, -0.2) is 36.6 Å². The van der Waals surface area contributed by atoms with Gasteiger partial charge in [-0.15, -0.1) is 0 Å². The predicted molar refractivity (Wildman–Crippen MR) is 80.7 cm³/mol. The third-order valence-corrected chi connectivity index (χ3v) is 5.30. The van der Waals surface area contributed by atoms with Gasteiger partial charge >= 0.3 is 0 Å². The van der Waals surface area contributed by atoms with Crippen molar-refractivity contribution in [1.82, 2.24) is 0 Å². The molecule has 2 saturated heterocycles. The van der Waals surface area contributed by atoms with E-state index in [0.29, 0.717) is 18.9 Å². The van der Waals surface area contributed by atoms with Crippen molar-refractivity contribution in [3.8, 4) is 0 Å². The first-order valence-electron chi connectivity index (χ1n) is 7.32. The number of ether oxygens (including phenoxy) is 2. The number of aliphatic hydroxyl groups is 1. The molecular weight excluding hydrogens is 320 g/mol. The van der Waals surface area contributed by atoms with E-state index >= 15 is 0 Å². The summed E-state index contributed by atoms with van der Waals surface area (Å²) in [5, 5.41) is 10.6. The van der Waals surface area contributed by atoms with Crippen molar-refractivity contribution >= 4 is 15.9 Å². The molecule has 0 aliphatic carbocycles. The van der Waals surface area contributed by atoms with Crippen LogP contribution in [0.15, 0.2) is 28.7 Å². The van der Waals surface area contributed by atoms with Gasteiger partial charge in [-0.05, 0) is 36.8 Å². The summed E-state index contributed by atoms with van der Waals surface area (Å²) in [5.41, 5.74) is 1.04. The van der Waals surface area contributed by atoms with Gasteiger partial charge in [0.05, 0.1) is 18.3 Å². The lowest BCUT2D eigenvalue weighted by Crippen LogP contribution is -2.44. The van der Waals surface area contributed by atoms with Crippen molar-refractivity contribution in [2.75, 3.05) is 19.8 Å². The highest BCUT2D eigenvalue weighted by Crippen LogP contribution is 2.37. The standard InChI is InChI=1S/C16H21BrO3/c17-14-4-2-1-3-12(14)9-15(18)13-5-7-20-16(10-13)6-8-19-11-16/h1-4,13,15,18H,5-11H2. The lowest BCUT2D eigenvalue weighted by atomic mass is 9.80. The largest absolute Gasteiger partial charge is 0.392 e. The molecule has 1 aromatic rings. The number of halogens is 1. The van der Waals surface area contributed by atoms with Crippen molar-refractivity contribution in [3.05, 3.63) is 34.3 Å². The molecule has 3 nitrogen and oxygen atoms in total. The van der Waals surface area contributed by atoms with Gasteiger partial charge in [-0.1, -0.05) is 34.1 Å². The highest BCUT2D eigenvalue weighted by atomic mass is 79.9. The van der Waals surface area contributed by atoms with E-state index in [1.54, 1.807) is 0 Å². The fourth-order valence-electron chi connectivity index (χ4n) is 3.31. The van der Waals surface area contributed by atoms with Crippen LogP contribution in [-0.2, 0) is 15.9 Å². The molecule has 0 saturated carbocycles. The van der Waals surface area contributed by atoms with E-state index < -0.39 is 0 Å². The Balaban J connectivity index is 1.65. The van der Waals surface area contributed by atoms with Gasteiger partial charge in [0.15, 0.2) is 0 Å². The Labute approximate surface area is 128 Å². The first-order valence-corrected chi connectivity index (χ1v) is 8.11. The van der Waals surface area contributed by atoms with Crippen LogP contribution in [0.2, 0.25) is 0 Å². The molecule has 4 heteroatoms. The molecule has 0 radical (unpaired) electrons. The molecule has 1 N–H and O–H groups in total.